The summed E-state index contributed by atoms with van der Waals surface area (Å²) in [6.45, 7) is 0.849. The van der Waals surface area contributed by atoms with Crippen LogP contribution in [0.5, 0.6) is 5.75 Å². The molecule has 1 aromatic carbocycles. The van der Waals surface area contributed by atoms with Crippen molar-refractivity contribution in [1.29, 1.82) is 0 Å². The first-order valence-corrected chi connectivity index (χ1v) is 7.26. The van der Waals surface area contributed by atoms with E-state index in [2.05, 4.69) is 30.6 Å². The van der Waals surface area contributed by atoms with Gasteiger partial charge in [-0.15, -0.1) is 0 Å². The lowest BCUT2D eigenvalue weighted by atomic mass is 9.74. The predicted octanol–water partition coefficient (Wildman–Crippen LogP) is 2.63. The van der Waals surface area contributed by atoms with E-state index in [1.165, 1.54) is 17.5 Å². The van der Waals surface area contributed by atoms with Crippen molar-refractivity contribution in [2.75, 3.05) is 20.8 Å². The molecule has 1 heterocycles. The maximum atomic E-state index is 6.27. The fourth-order valence-corrected chi connectivity index (χ4v) is 3.59. The highest BCUT2D eigenvalue weighted by Crippen LogP contribution is 2.45. The molecule has 0 aromatic heterocycles. The third-order valence-corrected chi connectivity index (χ3v) is 4.66. The van der Waals surface area contributed by atoms with E-state index in [0.29, 0.717) is 6.04 Å². The maximum Gasteiger partial charge on any atom is 0.119 e. The highest BCUT2D eigenvalue weighted by molar-refractivity contribution is 5.41. The highest BCUT2D eigenvalue weighted by Gasteiger charge is 2.41. The average molecular weight is 261 g/mol. The Morgan fingerprint density at radius 1 is 1.42 bits per heavy atom. The largest absolute Gasteiger partial charge is 0.497 e. The van der Waals surface area contributed by atoms with Crippen LogP contribution in [0.15, 0.2) is 18.2 Å². The van der Waals surface area contributed by atoms with E-state index in [4.69, 9.17) is 9.47 Å². The molecule has 2 unspecified atom stereocenters. The number of ether oxygens (including phenoxy) is 2. The Balaban J connectivity index is 2.00. The zero-order chi connectivity index (χ0) is 13.3. The summed E-state index contributed by atoms with van der Waals surface area (Å²) in [5.41, 5.74) is 2.70. The number of nitrogens with one attached hydrogen (secondary N) is 1. The van der Waals surface area contributed by atoms with E-state index in [-0.39, 0.29) is 5.60 Å². The van der Waals surface area contributed by atoms with Gasteiger partial charge in [-0.1, -0.05) is 6.07 Å². The molecule has 0 radical (unpaired) electrons. The van der Waals surface area contributed by atoms with E-state index < -0.39 is 0 Å². The minimum Gasteiger partial charge on any atom is -0.497 e. The molecule has 0 bridgehead atoms. The van der Waals surface area contributed by atoms with Gasteiger partial charge in [0.05, 0.1) is 12.7 Å². The van der Waals surface area contributed by atoms with Crippen molar-refractivity contribution in [2.45, 2.75) is 43.7 Å². The van der Waals surface area contributed by atoms with Crippen molar-refractivity contribution in [3.8, 4) is 5.75 Å². The number of hydrogen-bond acceptors (Lipinski definition) is 3. The first kappa shape index (κ1) is 12.9. The van der Waals surface area contributed by atoms with Crippen LogP contribution < -0.4 is 10.1 Å². The van der Waals surface area contributed by atoms with Gasteiger partial charge in [0.25, 0.3) is 0 Å². The Bertz CT molecular complexity index is 460. The molecule has 3 nitrogen and oxygen atoms in total. The van der Waals surface area contributed by atoms with Gasteiger partial charge >= 0.3 is 0 Å². The zero-order valence-electron chi connectivity index (χ0n) is 11.9. The van der Waals surface area contributed by atoms with Gasteiger partial charge < -0.3 is 14.8 Å². The van der Waals surface area contributed by atoms with E-state index >= 15 is 0 Å². The molecule has 104 valence electrons. The summed E-state index contributed by atoms with van der Waals surface area (Å²) >= 11 is 0. The van der Waals surface area contributed by atoms with Crippen LogP contribution in [-0.2, 0) is 16.8 Å². The molecule has 2 aliphatic rings. The summed E-state index contributed by atoms with van der Waals surface area (Å²) in [5.74, 6) is 0.940. The number of benzene rings is 1. The molecule has 1 spiro atoms. The van der Waals surface area contributed by atoms with E-state index in [1.807, 2.05) is 0 Å². The number of fused-ring (bicyclic) bond motifs is 2. The summed E-state index contributed by atoms with van der Waals surface area (Å²) in [4.78, 5) is 0. The standard InChI is InChI=1S/C16H23NO2/c1-17-13-7-9-19-16(11-13)8-3-4-12-5-6-14(18-2)10-15(12)16/h5-6,10,13,17H,3-4,7-9,11H2,1-2H3. The lowest BCUT2D eigenvalue weighted by Crippen LogP contribution is -2.46. The molecule has 0 saturated carbocycles. The second-order valence-electron chi connectivity index (χ2n) is 5.70. The first-order valence-electron chi connectivity index (χ1n) is 7.26. The van der Waals surface area contributed by atoms with Crippen LogP contribution in [0.4, 0.5) is 0 Å². The molecule has 3 heteroatoms. The lowest BCUT2D eigenvalue weighted by Gasteiger charge is -2.44. The van der Waals surface area contributed by atoms with Crippen molar-refractivity contribution in [1.82, 2.24) is 5.32 Å². The molecule has 1 saturated heterocycles. The highest BCUT2D eigenvalue weighted by atomic mass is 16.5. The second-order valence-corrected chi connectivity index (χ2v) is 5.70. The fraction of sp³-hybridized carbons (Fsp3) is 0.625. The van der Waals surface area contributed by atoms with Crippen LogP contribution in [0.2, 0.25) is 0 Å². The third-order valence-electron chi connectivity index (χ3n) is 4.66. The van der Waals surface area contributed by atoms with Crippen molar-refractivity contribution in [3.63, 3.8) is 0 Å². The molecular formula is C16H23NO2. The first-order chi connectivity index (χ1) is 9.27. The van der Waals surface area contributed by atoms with E-state index in [9.17, 15) is 0 Å². The van der Waals surface area contributed by atoms with Crippen molar-refractivity contribution in [3.05, 3.63) is 29.3 Å². The molecule has 19 heavy (non-hydrogen) atoms. The summed E-state index contributed by atoms with van der Waals surface area (Å²) in [6.07, 6.45) is 5.69. The smallest absolute Gasteiger partial charge is 0.119 e. The van der Waals surface area contributed by atoms with Crippen molar-refractivity contribution >= 4 is 0 Å². The molecule has 2 atom stereocenters. The molecule has 1 N–H and O–H groups in total. The van der Waals surface area contributed by atoms with Crippen molar-refractivity contribution in [2.24, 2.45) is 0 Å². The predicted molar refractivity (Wildman–Crippen MR) is 75.6 cm³/mol. The molecule has 0 amide bonds. The Kier molecular flexibility index (Phi) is 3.50. The molecule has 1 aromatic rings. The molecule has 1 aliphatic carbocycles. The van der Waals surface area contributed by atoms with Gasteiger partial charge in [0.1, 0.15) is 5.75 Å². The van der Waals surface area contributed by atoms with Gasteiger partial charge in [-0.25, -0.2) is 0 Å². The Morgan fingerprint density at radius 2 is 2.32 bits per heavy atom. The normalized spacial score (nSPS) is 30.1. The summed E-state index contributed by atoms with van der Waals surface area (Å²) < 4.78 is 11.7. The Morgan fingerprint density at radius 3 is 3.11 bits per heavy atom. The van der Waals surface area contributed by atoms with Gasteiger partial charge in [0, 0.05) is 12.6 Å². The molecule has 1 fully saturated rings. The minimum absolute atomic E-state index is 0.0892. The van der Waals surface area contributed by atoms with Crippen LogP contribution in [0.1, 0.15) is 36.8 Å². The summed E-state index contributed by atoms with van der Waals surface area (Å²) in [6, 6.07) is 7.02. The van der Waals surface area contributed by atoms with Gasteiger partial charge in [0.2, 0.25) is 0 Å². The topological polar surface area (TPSA) is 30.5 Å². The zero-order valence-corrected chi connectivity index (χ0v) is 11.9. The number of rotatable bonds is 2. The van der Waals surface area contributed by atoms with Crippen LogP contribution in [0.25, 0.3) is 0 Å². The number of aryl methyl sites for hydroxylation is 1. The second kappa shape index (κ2) is 5.14. The quantitative estimate of drug-likeness (QED) is 0.887. The van der Waals surface area contributed by atoms with E-state index in [0.717, 1.165) is 38.0 Å². The molecule has 1 aliphatic heterocycles. The maximum absolute atomic E-state index is 6.27. The minimum atomic E-state index is -0.0892. The number of methoxy groups -OCH3 is 1. The van der Waals surface area contributed by atoms with Crippen molar-refractivity contribution < 1.29 is 9.47 Å². The third kappa shape index (κ3) is 2.26. The monoisotopic (exact) mass is 261 g/mol. The Labute approximate surface area is 115 Å². The van der Waals surface area contributed by atoms with Gasteiger partial charge in [0.15, 0.2) is 0 Å². The Hall–Kier alpha value is -1.06. The summed E-state index contributed by atoms with van der Waals surface area (Å²) in [7, 11) is 3.79. The van der Waals surface area contributed by atoms with Crippen LogP contribution in [-0.4, -0.2) is 26.8 Å². The van der Waals surface area contributed by atoms with Crippen LogP contribution in [0, 0.1) is 0 Å². The number of hydrogen-bond donors (Lipinski definition) is 1. The van der Waals surface area contributed by atoms with Gasteiger partial charge in [-0.3, -0.25) is 0 Å². The van der Waals surface area contributed by atoms with Gasteiger partial charge in [-0.2, -0.15) is 0 Å². The molecular weight excluding hydrogens is 238 g/mol. The lowest BCUT2D eigenvalue weighted by molar-refractivity contribution is -0.104. The fourth-order valence-electron chi connectivity index (χ4n) is 3.59. The van der Waals surface area contributed by atoms with Crippen LogP contribution >= 0.6 is 0 Å². The summed E-state index contributed by atoms with van der Waals surface area (Å²) in [5, 5.41) is 3.42. The van der Waals surface area contributed by atoms with Crippen LogP contribution in [0.3, 0.4) is 0 Å². The SMILES string of the molecule is CNC1CCOC2(CCCc3ccc(OC)cc32)C1. The van der Waals surface area contributed by atoms with E-state index in [1.54, 1.807) is 7.11 Å². The van der Waals surface area contributed by atoms with Gasteiger partial charge in [-0.05, 0) is 62.4 Å². The molecule has 3 rings (SSSR count). The average Bonchev–Trinajstić information content (AvgIpc) is 2.47.